The van der Waals surface area contributed by atoms with Crippen molar-refractivity contribution in [3.63, 3.8) is 0 Å². The van der Waals surface area contributed by atoms with Gasteiger partial charge in [-0.3, -0.25) is 4.99 Å². The molecule has 0 amide bonds. The molecule has 8 heteroatoms. The van der Waals surface area contributed by atoms with E-state index in [2.05, 4.69) is 56.4 Å². The number of nitrogens with zero attached hydrogens (tertiary/aromatic N) is 2. The average Bonchev–Trinajstić information content (AvgIpc) is 3.33. The SMILES string of the molecule is CN=C(NCCS(=O)(=O)NCc1ccccc1)NC(C)c1cccc(N2CCCC2)c1. The molecule has 1 aliphatic rings. The Kier molecular flexibility index (Phi) is 8.31. The fraction of sp³-hybridized carbons (Fsp3) is 0.435. The van der Waals surface area contributed by atoms with Crippen molar-refractivity contribution in [3.05, 3.63) is 65.7 Å². The van der Waals surface area contributed by atoms with Gasteiger partial charge < -0.3 is 15.5 Å². The Morgan fingerprint density at radius 3 is 2.55 bits per heavy atom. The van der Waals surface area contributed by atoms with Crippen LogP contribution in [0, 0.1) is 0 Å². The summed E-state index contributed by atoms with van der Waals surface area (Å²) in [5.41, 5.74) is 3.35. The van der Waals surface area contributed by atoms with Gasteiger partial charge in [-0.15, -0.1) is 0 Å². The predicted octanol–water partition coefficient (Wildman–Crippen LogP) is 2.63. The molecule has 0 aromatic heterocycles. The van der Waals surface area contributed by atoms with Gasteiger partial charge in [0, 0.05) is 38.9 Å². The second-order valence-electron chi connectivity index (χ2n) is 7.78. The molecule has 7 nitrogen and oxygen atoms in total. The lowest BCUT2D eigenvalue weighted by molar-refractivity contribution is 0.579. The van der Waals surface area contributed by atoms with Gasteiger partial charge in [0.25, 0.3) is 0 Å². The van der Waals surface area contributed by atoms with Crippen LogP contribution in [0.25, 0.3) is 0 Å². The van der Waals surface area contributed by atoms with Crippen molar-refractivity contribution >= 4 is 21.7 Å². The zero-order valence-corrected chi connectivity index (χ0v) is 19.2. The minimum absolute atomic E-state index is 0.0284. The van der Waals surface area contributed by atoms with E-state index in [0.717, 1.165) is 18.7 Å². The van der Waals surface area contributed by atoms with Crippen LogP contribution in [0.3, 0.4) is 0 Å². The molecule has 2 aromatic carbocycles. The predicted molar refractivity (Wildman–Crippen MR) is 128 cm³/mol. The van der Waals surface area contributed by atoms with E-state index in [1.54, 1.807) is 7.05 Å². The third-order valence-corrected chi connectivity index (χ3v) is 6.75. The number of hydrogen-bond acceptors (Lipinski definition) is 4. The summed E-state index contributed by atoms with van der Waals surface area (Å²) in [6.45, 7) is 4.86. The summed E-state index contributed by atoms with van der Waals surface area (Å²) in [5, 5.41) is 6.45. The fourth-order valence-corrected chi connectivity index (χ4v) is 4.52. The highest BCUT2D eigenvalue weighted by atomic mass is 32.2. The van der Waals surface area contributed by atoms with Crippen LogP contribution in [-0.4, -0.2) is 46.8 Å². The van der Waals surface area contributed by atoms with E-state index in [9.17, 15) is 8.42 Å². The zero-order valence-electron chi connectivity index (χ0n) is 18.3. The van der Waals surface area contributed by atoms with Gasteiger partial charge in [-0.05, 0) is 43.0 Å². The molecule has 31 heavy (non-hydrogen) atoms. The molecular formula is C23H33N5O2S. The van der Waals surface area contributed by atoms with Crippen LogP contribution in [-0.2, 0) is 16.6 Å². The van der Waals surface area contributed by atoms with Crippen molar-refractivity contribution in [3.8, 4) is 0 Å². The molecule has 1 aliphatic heterocycles. The molecule has 0 bridgehead atoms. The number of hydrogen-bond donors (Lipinski definition) is 3. The summed E-state index contributed by atoms with van der Waals surface area (Å²) < 4.78 is 27.2. The van der Waals surface area contributed by atoms with E-state index in [0.29, 0.717) is 12.5 Å². The van der Waals surface area contributed by atoms with Crippen molar-refractivity contribution in [2.24, 2.45) is 4.99 Å². The summed E-state index contributed by atoms with van der Waals surface area (Å²) in [4.78, 5) is 6.65. The molecule has 3 rings (SSSR count). The highest BCUT2D eigenvalue weighted by Crippen LogP contribution is 2.23. The Labute approximate surface area is 186 Å². The molecule has 0 radical (unpaired) electrons. The lowest BCUT2D eigenvalue weighted by atomic mass is 10.1. The molecule has 1 unspecified atom stereocenters. The maximum absolute atomic E-state index is 12.3. The normalized spacial score (nSPS) is 15.7. The van der Waals surface area contributed by atoms with E-state index in [-0.39, 0.29) is 18.3 Å². The van der Waals surface area contributed by atoms with Crippen LogP contribution >= 0.6 is 0 Å². The summed E-state index contributed by atoms with van der Waals surface area (Å²) in [6, 6.07) is 18.1. The Morgan fingerprint density at radius 1 is 1.10 bits per heavy atom. The van der Waals surface area contributed by atoms with Crippen LogP contribution < -0.4 is 20.3 Å². The van der Waals surface area contributed by atoms with E-state index < -0.39 is 10.0 Å². The summed E-state index contributed by atoms with van der Waals surface area (Å²) in [7, 11) is -1.69. The van der Waals surface area contributed by atoms with Gasteiger partial charge in [0.1, 0.15) is 0 Å². The number of anilines is 1. The number of benzene rings is 2. The molecular weight excluding hydrogens is 410 g/mol. The van der Waals surface area contributed by atoms with E-state index >= 15 is 0 Å². The lowest BCUT2D eigenvalue weighted by Gasteiger charge is -2.22. The first-order chi connectivity index (χ1) is 15.0. The first kappa shape index (κ1) is 23.1. The maximum atomic E-state index is 12.3. The maximum Gasteiger partial charge on any atom is 0.213 e. The van der Waals surface area contributed by atoms with Crippen LogP contribution in [0.4, 0.5) is 5.69 Å². The third-order valence-electron chi connectivity index (χ3n) is 5.42. The molecule has 1 atom stereocenters. The van der Waals surface area contributed by atoms with Gasteiger partial charge in [0.05, 0.1) is 11.8 Å². The number of rotatable bonds is 9. The fourth-order valence-electron chi connectivity index (χ4n) is 3.61. The molecule has 0 saturated carbocycles. The van der Waals surface area contributed by atoms with Crippen molar-refractivity contribution in [1.82, 2.24) is 15.4 Å². The zero-order chi connectivity index (χ0) is 22.1. The van der Waals surface area contributed by atoms with E-state index in [1.807, 2.05) is 30.3 Å². The minimum Gasteiger partial charge on any atom is -0.372 e. The van der Waals surface area contributed by atoms with Crippen molar-refractivity contribution in [2.75, 3.05) is 37.3 Å². The van der Waals surface area contributed by atoms with Gasteiger partial charge in [0.2, 0.25) is 10.0 Å². The molecule has 0 spiro atoms. The highest BCUT2D eigenvalue weighted by Gasteiger charge is 2.15. The van der Waals surface area contributed by atoms with Crippen molar-refractivity contribution < 1.29 is 8.42 Å². The van der Waals surface area contributed by atoms with Crippen LogP contribution in [0.2, 0.25) is 0 Å². The lowest BCUT2D eigenvalue weighted by Crippen LogP contribution is -2.42. The Hall–Kier alpha value is -2.58. The van der Waals surface area contributed by atoms with Crippen LogP contribution in [0.5, 0.6) is 0 Å². The minimum atomic E-state index is -3.38. The monoisotopic (exact) mass is 443 g/mol. The largest absolute Gasteiger partial charge is 0.372 e. The van der Waals surface area contributed by atoms with Gasteiger partial charge in [0.15, 0.2) is 5.96 Å². The molecule has 168 valence electrons. The van der Waals surface area contributed by atoms with Crippen LogP contribution in [0.15, 0.2) is 59.6 Å². The Morgan fingerprint density at radius 2 is 1.84 bits per heavy atom. The number of sulfonamides is 1. The molecule has 2 aromatic rings. The number of aliphatic imine (C=N–C) groups is 1. The average molecular weight is 444 g/mol. The molecule has 1 fully saturated rings. The molecule has 3 N–H and O–H groups in total. The first-order valence-electron chi connectivity index (χ1n) is 10.8. The molecule has 0 aliphatic carbocycles. The summed E-state index contributed by atoms with van der Waals surface area (Å²) in [6.07, 6.45) is 2.50. The standard InChI is InChI=1S/C23H33N5O2S/c1-19(21-11-8-12-22(17-21)28-14-6-7-15-28)27-23(24-2)25-13-16-31(29,30)26-18-20-9-4-3-5-10-20/h3-5,8-12,17,19,26H,6-7,13-16,18H2,1-2H3,(H2,24,25,27). The third kappa shape index (κ3) is 7.25. The summed E-state index contributed by atoms with van der Waals surface area (Å²) in [5.74, 6) is 0.552. The highest BCUT2D eigenvalue weighted by molar-refractivity contribution is 7.89. The van der Waals surface area contributed by atoms with Gasteiger partial charge in [-0.1, -0.05) is 42.5 Å². The van der Waals surface area contributed by atoms with Crippen LogP contribution in [0.1, 0.15) is 36.9 Å². The van der Waals surface area contributed by atoms with E-state index in [1.165, 1.54) is 24.1 Å². The van der Waals surface area contributed by atoms with Crippen molar-refractivity contribution in [2.45, 2.75) is 32.4 Å². The second kappa shape index (κ2) is 11.2. The van der Waals surface area contributed by atoms with Crippen molar-refractivity contribution in [1.29, 1.82) is 0 Å². The first-order valence-corrected chi connectivity index (χ1v) is 12.5. The topological polar surface area (TPSA) is 85.8 Å². The smallest absolute Gasteiger partial charge is 0.213 e. The second-order valence-corrected chi connectivity index (χ2v) is 9.71. The quantitative estimate of drug-likeness (QED) is 0.410. The number of nitrogens with one attached hydrogen (secondary N) is 3. The van der Waals surface area contributed by atoms with Gasteiger partial charge in [-0.2, -0.15) is 0 Å². The summed E-state index contributed by atoms with van der Waals surface area (Å²) >= 11 is 0. The molecule has 1 saturated heterocycles. The van der Waals surface area contributed by atoms with E-state index in [4.69, 9.17) is 0 Å². The Balaban J connectivity index is 1.47. The number of guanidine groups is 1. The van der Waals surface area contributed by atoms with Gasteiger partial charge in [-0.25, -0.2) is 13.1 Å². The van der Waals surface area contributed by atoms with Gasteiger partial charge >= 0.3 is 0 Å². The molecule has 1 heterocycles. The Bertz CT molecular complexity index is 957.